The summed E-state index contributed by atoms with van der Waals surface area (Å²) in [5, 5.41) is 3.06. The van der Waals surface area contributed by atoms with E-state index in [9.17, 15) is 4.79 Å². The van der Waals surface area contributed by atoms with E-state index in [1.165, 1.54) is 6.20 Å². The van der Waals surface area contributed by atoms with Crippen molar-refractivity contribution in [3.63, 3.8) is 0 Å². The fraction of sp³-hybridized carbons (Fsp3) is 0.600. The lowest BCUT2D eigenvalue weighted by Gasteiger charge is -2.45. The molecule has 1 aliphatic heterocycles. The highest BCUT2D eigenvalue weighted by Crippen LogP contribution is 2.38. The van der Waals surface area contributed by atoms with Gasteiger partial charge in [-0.25, -0.2) is 4.98 Å². The molecule has 0 spiro atoms. The van der Waals surface area contributed by atoms with E-state index in [-0.39, 0.29) is 23.7 Å². The molecule has 4 unspecified atom stereocenters. The standard InChI is InChI=1S/C10H14N4O2/c11-6-5-1-4-16-8(5)7(6)14-9-10(15)13-3-2-12-9/h2-3,5-8H,1,4,11H2,(H,12,14)(H,13,15). The van der Waals surface area contributed by atoms with Crippen molar-refractivity contribution in [1.82, 2.24) is 9.97 Å². The van der Waals surface area contributed by atoms with Crippen LogP contribution in [0.5, 0.6) is 0 Å². The van der Waals surface area contributed by atoms with Gasteiger partial charge < -0.3 is 20.8 Å². The minimum atomic E-state index is -0.226. The summed E-state index contributed by atoms with van der Waals surface area (Å²) < 4.78 is 5.56. The van der Waals surface area contributed by atoms with Crippen LogP contribution in [-0.2, 0) is 4.74 Å². The maximum Gasteiger partial charge on any atom is 0.290 e. The van der Waals surface area contributed by atoms with Crippen LogP contribution in [0.1, 0.15) is 6.42 Å². The quantitative estimate of drug-likeness (QED) is 0.615. The van der Waals surface area contributed by atoms with Crippen LogP contribution in [0.3, 0.4) is 0 Å². The summed E-state index contributed by atoms with van der Waals surface area (Å²) in [6.45, 7) is 0.764. The maximum atomic E-state index is 11.4. The van der Waals surface area contributed by atoms with Crippen molar-refractivity contribution < 1.29 is 4.74 Å². The third-order valence-corrected chi connectivity index (χ3v) is 3.46. The van der Waals surface area contributed by atoms with Crippen LogP contribution in [0.15, 0.2) is 17.2 Å². The van der Waals surface area contributed by atoms with Crippen LogP contribution >= 0.6 is 0 Å². The Morgan fingerprint density at radius 1 is 1.62 bits per heavy atom. The van der Waals surface area contributed by atoms with Gasteiger partial charge in [-0.15, -0.1) is 0 Å². The molecular weight excluding hydrogens is 208 g/mol. The zero-order valence-electron chi connectivity index (χ0n) is 8.72. The maximum absolute atomic E-state index is 11.4. The summed E-state index contributed by atoms with van der Waals surface area (Å²) in [4.78, 5) is 18.0. The molecule has 4 atom stereocenters. The Morgan fingerprint density at radius 3 is 3.31 bits per heavy atom. The monoisotopic (exact) mass is 222 g/mol. The fourth-order valence-corrected chi connectivity index (χ4v) is 2.54. The molecule has 0 bridgehead atoms. The van der Waals surface area contributed by atoms with Crippen molar-refractivity contribution in [3.05, 3.63) is 22.7 Å². The van der Waals surface area contributed by atoms with Crippen LogP contribution < -0.4 is 16.6 Å². The van der Waals surface area contributed by atoms with Gasteiger partial charge in [-0.05, 0) is 6.42 Å². The summed E-state index contributed by atoms with van der Waals surface area (Å²) in [5.41, 5.74) is 5.80. The molecule has 1 aromatic heterocycles. The van der Waals surface area contributed by atoms with E-state index in [2.05, 4.69) is 15.3 Å². The predicted octanol–water partition coefficient (Wildman–Crippen LogP) is -0.704. The van der Waals surface area contributed by atoms with Crippen molar-refractivity contribution >= 4 is 5.82 Å². The first-order valence-electron chi connectivity index (χ1n) is 5.45. The second kappa shape index (κ2) is 3.57. The molecule has 6 nitrogen and oxygen atoms in total. The van der Waals surface area contributed by atoms with E-state index in [1.807, 2.05) is 0 Å². The Hall–Kier alpha value is -1.40. The van der Waals surface area contributed by atoms with Gasteiger partial charge in [0.2, 0.25) is 0 Å². The van der Waals surface area contributed by atoms with Gasteiger partial charge >= 0.3 is 0 Å². The number of nitrogens with one attached hydrogen (secondary N) is 2. The van der Waals surface area contributed by atoms with Crippen LogP contribution in [0.4, 0.5) is 5.82 Å². The molecule has 1 saturated carbocycles. The van der Waals surface area contributed by atoms with E-state index >= 15 is 0 Å². The highest BCUT2D eigenvalue weighted by Gasteiger charge is 2.52. The number of fused-ring (bicyclic) bond motifs is 1. The summed E-state index contributed by atoms with van der Waals surface area (Å²) in [6, 6.07) is 0.0532. The van der Waals surface area contributed by atoms with Crippen molar-refractivity contribution in [1.29, 1.82) is 0 Å². The smallest absolute Gasteiger partial charge is 0.290 e. The van der Waals surface area contributed by atoms with Crippen LogP contribution in [0.2, 0.25) is 0 Å². The van der Waals surface area contributed by atoms with Gasteiger partial charge in [-0.3, -0.25) is 4.79 Å². The zero-order chi connectivity index (χ0) is 11.1. The van der Waals surface area contributed by atoms with Crippen molar-refractivity contribution in [2.75, 3.05) is 11.9 Å². The molecule has 2 heterocycles. The molecule has 4 N–H and O–H groups in total. The Kier molecular flexibility index (Phi) is 2.19. The zero-order valence-corrected chi connectivity index (χ0v) is 8.72. The molecule has 2 aliphatic rings. The number of rotatable bonds is 2. The van der Waals surface area contributed by atoms with Crippen LogP contribution in [0, 0.1) is 5.92 Å². The lowest BCUT2D eigenvalue weighted by atomic mass is 9.72. The van der Waals surface area contributed by atoms with Crippen molar-refractivity contribution in [2.24, 2.45) is 11.7 Å². The fourth-order valence-electron chi connectivity index (χ4n) is 2.54. The van der Waals surface area contributed by atoms with Crippen LogP contribution in [-0.4, -0.2) is 34.8 Å². The molecule has 1 saturated heterocycles. The molecule has 1 aliphatic carbocycles. The minimum absolute atomic E-state index is 0.00324. The van der Waals surface area contributed by atoms with E-state index in [0.717, 1.165) is 13.0 Å². The molecule has 1 aromatic rings. The second-order valence-electron chi connectivity index (χ2n) is 4.30. The molecule has 0 radical (unpaired) electrons. The molecule has 3 rings (SSSR count). The Balaban J connectivity index is 1.76. The Bertz CT molecular complexity index is 446. The van der Waals surface area contributed by atoms with Crippen molar-refractivity contribution in [3.8, 4) is 0 Å². The van der Waals surface area contributed by atoms with Gasteiger partial charge in [0.05, 0.1) is 12.1 Å². The molecule has 86 valence electrons. The highest BCUT2D eigenvalue weighted by atomic mass is 16.5. The topological polar surface area (TPSA) is 93.0 Å². The first kappa shape index (κ1) is 9.80. The third kappa shape index (κ3) is 1.34. The molecule has 0 aromatic carbocycles. The number of anilines is 1. The molecule has 6 heteroatoms. The van der Waals surface area contributed by atoms with E-state index in [1.54, 1.807) is 6.20 Å². The summed E-state index contributed by atoms with van der Waals surface area (Å²) in [5.74, 6) is 0.747. The second-order valence-corrected chi connectivity index (χ2v) is 4.30. The molecular formula is C10H14N4O2. The molecule has 2 fully saturated rings. The highest BCUT2D eigenvalue weighted by molar-refractivity contribution is 5.35. The van der Waals surface area contributed by atoms with Gasteiger partial charge in [0.1, 0.15) is 0 Å². The van der Waals surface area contributed by atoms with E-state index in [0.29, 0.717) is 11.7 Å². The van der Waals surface area contributed by atoms with Gasteiger partial charge in [-0.1, -0.05) is 0 Å². The average molecular weight is 222 g/mol. The number of H-pyrrole nitrogens is 1. The number of nitrogens with zero attached hydrogens (tertiary/aromatic N) is 1. The first-order chi connectivity index (χ1) is 7.77. The van der Waals surface area contributed by atoms with E-state index in [4.69, 9.17) is 10.5 Å². The lowest BCUT2D eigenvalue weighted by molar-refractivity contribution is 0.00519. The normalized spacial score (nSPS) is 36.6. The predicted molar refractivity (Wildman–Crippen MR) is 58.1 cm³/mol. The summed E-state index contributed by atoms with van der Waals surface area (Å²) in [6.07, 6.45) is 4.20. The Morgan fingerprint density at radius 2 is 2.50 bits per heavy atom. The molecule has 16 heavy (non-hydrogen) atoms. The number of aromatic amines is 1. The number of hydrogen-bond donors (Lipinski definition) is 3. The van der Waals surface area contributed by atoms with Crippen LogP contribution in [0.25, 0.3) is 0 Å². The number of ether oxygens (including phenoxy) is 1. The van der Waals surface area contributed by atoms with Gasteiger partial charge in [0.25, 0.3) is 5.56 Å². The minimum Gasteiger partial charge on any atom is -0.376 e. The van der Waals surface area contributed by atoms with Gasteiger partial charge in [0.15, 0.2) is 5.82 Å². The third-order valence-electron chi connectivity index (χ3n) is 3.46. The average Bonchev–Trinajstić information content (AvgIpc) is 2.72. The summed E-state index contributed by atoms with van der Waals surface area (Å²) in [7, 11) is 0. The Labute approximate surface area is 92.2 Å². The van der Waals surface area contributed by atoms with Crippen molar-refractivity contribution in [2.45, 2.75) is 24.6 Å². The largest absolute Gasteiger partial charge is 0.376 e. The number of aromatic nitrogens is 2. The molecule has 0 amide bonds. The van der Waals surface area contributed by atoms with E-state index < -0.39 is 0 Å². The van der Waals surface area contributed by atoms with Gasteiger partial charge in [-0.2, -0.15) is 0 Å². The number of hydrogen-bond acceptors (Lipinski definition) is 5. The first-order valence-corrected chi connectivity index (χ1v) is 5.45. The summed E-state index contributed by atoms with van der Waals surface area (Å²) >= 11 is 0. The lowest BCUT2D eigenvalue weighted by Crippen LogP contribution is -2.65. The SMILES string of the molecule is NC1C2CCOC2C1Nc1ncc[nH]c1=O. The number of nitrogens with two attached hydrogens (primary N) is 1. The van der Waals surface area contributed by atoms with Gasteiger partial charge in [0, 0.05) is 31.0 Å².